The van der Waals surface area contributed by atoms with Crippen LogP contribution >= 0.6 is 0 Å². The van der Waals surface area contributed by atoms with Gasteiger partial charge in [0.25, 0.3) is 0 Å². The maximum atomic E-state index is 11.9. The van der Waals surface area contributed by atoms with Crippen LogP contribution in [0.3, 0.4) is 0 Å². The summed E-state index contributed by atoms with van der Waals surface area (Å²) in [5.41, 5.74) is 0.246. The molecule has 1 rings (SSSR count). The summed E-state index contributed by atoms with van der Waals surface area (Å²) in [7, 11) is 0. The van der Waals surface area contributed by atoms with Gasteiger partial charge < -0.3 is 35.1 Å². The van der Waals surface area contributed by atoms with Crippen molar-refractivity contribution in [2.45, 2.75) is 51.4 Å². The summed E-state index contributed by atoms with van der Waals surface area (Å²) < 4.78 is 16.2. The highest BCUT2D eigenvalue weighted by Gasteiger charge is 2.45. The second-order valence-corrected chi connectivity index (χ2v) is 5.83. The highest BCUT2D eigenvalue weighted by atomic mass is 16.6. The summed E-state index contributed by atoms with van der Waals surface area (Å²) in [6.45, 7) is 9.44. The number of hydrogen-bond donors (Lipinski definition) is 4. The van der Waals surface area contributed by atoms with Crippen molar-refractivity contribution in [2.75, 3.05) is 26.4 Å². The van der Waals surface area contributed by atoms with Gasteiger partial charge in [-0.1, -0.05) is 6.58 Å². The van der Waals surface area contributed by atoms with E-state index in [4.69, 9.17) is 14.2 Å². The molecule has 2 amide bonds. The monoisotopic (exact) mass is 360 g/mol. The van der Waals surface area contributed by atoms with E-state index >= 15 is 0 Å². The Labute approximate surface area is 147 Å². The number of aliphatic hydroxyl groups is 2. The van der Waals surface area contributed by atoms with Gasteiger partial charge in [-0.15, -0.1) is 0 Å². The van der Waals surface area contributed by atoms with Crippen LogP contribution < -0.4 is 10.6 Å². The van der Waals surface area contributed by atoms with Gasteiger partial charge in [0, 0.05) is 19.1 Å². The molecule has 5 atom stereocenters. The zero-order chi connectivity index (χ0) is 19.0. The van der Waals surface area contributed by atoms with E-state index in [0.29, 0.717) is 19.8 Å². The van der Waals surface area contributed by atoms with Crippen molar-refractivity contribution in [1.82, 2.24) is 10.6 Å². The van der Waals surface area contributed by atoms with E-state index in [9.17, 15) is 19.8 Å². The highest BCUT2D eigenvalue weighted by Crippen LogP contribution is 2.21. The number of amides is 2. The fourth-order valence-corrected chi connectivity index (χ4v) is 2.34. The topological polar surface area (TPSA) is 126 Å². The molecule has 0 unspecified atom stereocenters. The van der Waals surface area contributed by atoms with Crippen LogP contribution in [0, 0.1) is 0 Å². The highest BCUT2D eigenvalue weighted by molar-refractivity contribution is 5.92. The number of nitrogens with one attached hydrogen (secondary N) is 2. The maximum Gasteiger partial charge on any atom is 0.248 e. The third-order valence-electron chi connectivity index (χ3n) is 3.64. The fourth-order valence-electron chi connectivity index (χ4n) is 2.34. The number of carbonyl (C=O) groups excluding carboxylic acids is 2. The second-order valence-electron chi connectivity index (χ2n) is 5.83. The van der Waals surface area contributed by atoms with Crippen LogP contribution in [0.1, 0.15) is 20.8 Å². The average Bonchev–Trinajstić information content (AvgIpc) is 2.54. The van der Waals surface area contributed by atoms with Crippen molar-refractivity contribution in [3.63, 3.8) is 0 Å². The lowest BCUT2D eigenvalue weighted by molar-refractivity contribution is -0.207. The predicted molar refractivity (Wildman–Crippen MR) is 88.5 cm³/mol. The van der Waals surface area contributed by atoms with Gasteiger partial charge in [0.2, 0.25) is 11.8 Å². The van der Waals surface area contributed by atoms with Gasteiger partial charge in [0.15, 0.2) is 6.23 Å². The molecule has 4 N–H and O–H groups in total. The molecule has 144 valence electrons. The van der Waals surface area contributed by atoms with Gasteiger partial charge in [-0.25, -0.2) is 0 Å². The molecular formula is C16H28N2O7. The molecule has 1 fully saturated rings. The molecule has 0 aromatic rings. The van der Waals surface area contributed by atoms with Crippen LogP contribution in [0.4, 0.5) is 0 Å². The largest absolute Gasteiger partial charge is 0.388 e. The van der Waals surface area contributed by atoms with Gasteiger partial charge >= 0.3 is 0 Å². The first-order chi connectivity index (χ1) is 11.8. The number of ether oxygens (including phenoxy) is 3. The Hall–Kier alpha value is -1.52. The third kappa shape index (κ3) is 6.71. The Balaban J connectivity index is 2.75. The molecular weight excluding hydrogens is 332 g/mol. The Morgan fingerprint density at radius 2 is 1.76 bits per heavy atom. The predicted octanol–water partition coefficient (Wildman–Crippen LogP) is -1.32. The van der Waals surface area contributed by atoms with E-state index in [1.807, 2.05) is 6.92 Å². The van der Waals surface area contributed by atoms with E-state index in [-0.39, 0.29) is 12.2 Å². The molecule has 0 aromatic heterocycles. The average molecular weight is 360 g/mol. The molecule has 0 saturated carbocycles. The number of carbonyl (C=O) groups is 2. The third-order valence-corrected chi connectivity index (χ3v) is 3.64. The van der Waals surface area contributed by atoms with Gasteiger partial charge in [0.1, 0.15) is 24.4 Å². The molecule has 0 radical (unpaired) electrons. The van der Waals surface area contributed by atoms with Crippen molar-refractivity contribution < 1.29 is 34.0 Å². The summed E-state index contributed by atoms with van der Waals surface area (Å²) in [4.78, 5) is 23.2. The van der Waals surface area contributed by atoms with Gasteiger partial charge in [0.05, 0.1) is 19.8 Å². The van der Waals surface area contributed by atoms with E-state index in [0.717, 1.165) is 0 Å². The molecule has 9 nitrogen and oxygen atoms in total. The summed E-state index contributed by atoms with van der Waals surface area (Å²) in [6, 6.07) is -1.00. The van der Waals surface area contributed by atoms with Crippen LogP contribution in [0.15, 0.2) is 12.2 Å². The van der Waals surface area contributed by atoms with Gasteiger partial charge in [-0.2, -0.15) is 0 Å². The zero-order valence-electron chi connectivity index (χ0n) is 14.9. The maximum absolute atomic E-state index is 11.9. The van der Waals surface area contributed by atoms with Gasteiger partial charge in [-0.3, -0.25) is 9.59 Å². The Bertz CT molecular complexity index is 471. The minimum Gasteiger partial charge on any atom is -0.388 e. The molecule has 0 aliphatic carbocycles. The molecule has 1 saturated heterocycles. The Morgan fingerprint density at radius 3 is 2.32 bits per heavy atom. The van der Waals surface area contributed by atoms with Crippen LogP contribution in [-0.4, -0.2) is 79.0 Å². The Morgan fingerprint density at radius 1 is 1.12 bits per heavy atom. The number of aliphatic hydroxyl groups excluding tert-OH is 2. The van der Waals surface area contributed by atoms with Gasteiger partial charge in [-0.05, 0) is 13.8 Å². The van der Waals surface area contributed by atoms with Crippen LogP contribution in [0.25, 0.3) is 0 Å². The van der Waals surface area contributed by atoms with Crippen molar-refractivity contribution in [3.8, 4) is 0 Å². The summed E-state index contributed by atoms with van der Waals surface area (Å²) in [5.74, 6) is -0.916. The number of hydrogen-bond acceptors (Lipinski definition) is 7. The lowest BCUT2D eigenvalue weighted by Crippen LogP contribution is -2.68. The molecule has 1 heterocycles. The summed E-state index contributed by atoms with van der Waals surface area (Å²) in [5, 5.41) is 25.6. The number of rotatable bonds is 9. The van der Waals surface area contributed by atoms with Crippen LogP contribution in [-0.2, 0) is 23.8 Å². The first-order valence-corrected chi connectivity index (χ1v) is 8.18. The smallest absolute Gasteiger partial charge is 0.248 e. The Kier molecular flexibility index (Phi) is 9.01. The quantitative estimate of drug-likeness (QED) is 0.297. The van der Waals surface area contributed by atoms with E-state index in [2.05, 4.69) is 17.2 Å². The van der Waals surface area contributed by atoms with Crippen LogP contribution in [0.5, 0.6) is 0 Å². The van der Waals surface area contributed by atoms with E-state index in [1.54, 1.807) is 0 Å². The molecule has 9 heteroatoms. The van der Waals surface area contributed by atoms with Crippen molar-refractivity contribution in [3.05, 3.63) is 12.2 Å². The minimum atomic E-state index is -1.34. The first-order valence-electron chi connectivity index (χ1n) is 8.18. The second kappa shape index (κ2) is 10.5. The molecule has 0 spiro atoms. The van der Waals surface area contributed by atoms with E-state index in [1.165, 1.54) is 13.8 Å². The minimum absolute atomic E-state index is 0.00245. The van der Waals surface area contributed by atoms with Crippen molar-refractivity contribution in [2.24, 2.45) is 0 Å². The summed E-state index contributed by atoms with van der Waals surface area (Å²) >= 11 is 0. The van der Waals surface area contributed by atoms with E-state index < -0.39 is 42.4 Å². The molecule has 0 bridgehead atoms. The molecule has 0 aromatic carbocycles. The molecule has 25 heavy (non-hydrogen) atoms. The lowest BCUT2D eigenvalue weighted by Gasteiger charge is -2.43. The molecule has 1 aliphatic rings. The summed E-state index contributed by atoms with van der Waals surface area (Å²) in [6.07, 6.45) is -4.54. The van der Waals surface area contributed by atoms with Crippen molar-refractivity contribution >= 4 is 11.8 Å². The SMILES string of the molecule is C=C(C)C(=O)N[C@@H]1O[C@H](COCCOCC)[C@@H](O)[C@H](O)[C@H]1NC(C)=O. The standard InChI is InChI=1S/C16H28N2O7/c1-5-23-6-7-24-8-11-13(20)14(21)12(17-10(4)19)16(25-11)18-15(22)9(2)3/h11-14,16,20-21H,2,5-8H2,1,3-4H3,(H,17,19)(H,18,22)/t11-,12-,13-,14-,16-/m1/s1. The lowest BCUT2D eigenvalue weighted by atomic mass is 9.95. The first kappa shape index (κ1) is 21.5. The zero-order valence-corrected chi connectivity index (χ0v) is 14.9. The fraction of sp³-hybridized carbons (Fsp3) is 0.750. The van der Waals surface area contributed by atoms with Crippen LogP contribution in [0.2, 0.25) is 0 Å². The molecule has 1 aliphatic heterocycles. The van der Waals surface area contributed by atoms with Crippen molar-refractivity contribution in [1.29, 1.82) is 0 Å². The normalized spacial score (nSPS) is 29.1.